The maximum atomic E-state index is 9.45. The first-order chi connectivity index (χ1) is 10.1. The van der Waals surface area contributed by atoms with Gasteiger partial charge in [-0.1, -0.05) is 54.1 Å². The molecule has 0 radical (unpaired) electrons. The molecule has 0 aliphatic heterocycles. The highest BCUT2D eigenvalue weighted by Crippen LogP contribution is 2.38. The number of anilines is 1. The summed E-state index contributed by atoms with van der Waals surface area (Å²) in [6.07, 6.45) is 0. The van der Waals surface area contributed by atoms with Gasteiger partial charge < -0.3 is 5.73 Å². The lowest BCUT2D eigenvalue weighted by Crippen LogP contribution is -1.99. The number of nitrogens with zero attached hydrogens (tertiary/aromatic N) is 1. The van der Waals surface area contributed by atoms with E-state index in [1.165, 1.54) is 5.56 Å². The first-order valence-electron chi connectivity index (χ1n) is 6.91. The Bertz CT molecular complexity index is 872. The smallest absolute Gasteiger partial charge is 0.102 e. The minimum absolute atomic E-state index is 0.574. The van der Waals surface area contributed by atoms with E-state index in [0.717, 1.165) is 27.5 Å². The molecule has 0 aliphatic carbocycles. The third-order valence-electron chi connectivity index (χ3n) is 3.93. The standard InChI is InChI=1S/C19H16N2/c1-12-8-9-15-16(10-12)18(14-6-4-3-5-7-14)13(2)17(11-20)19(15)21/h3-10H,21H2,1-2H3. The molecule has 0 bridgehead atoms. The quantitative estimate of drug-likeness (QED) is 0.659. The summed E-state index contributed by atoms with van der Waals surface area (Å²) in [6, 6.07) is 18.6. The molecule has 21 heavy (non-hydrogen) atoms. The normalized spacial score (nSPS) is 10.5. The van der Waals surface area contributed by atoms with E-state index in [9.17, 15) is 5.26 Å². The van der Waals surface area contributed by atoms with Crippen LogP contribution in [0.3, 0.4) is 0 Å². The molecule has 0 aliphatic rings. The Labute approximate surface area is 124 Å². The fraction of sp³-hybridized carbons (Fsp3) is 0.105. The van der Waals surface area contributed by atoms with E-state index in [2.05, 4.69) is 31.2 Å². The fourth-order valence-electron chi connectivity index (χ4n) is 2.88. The van der Waals surface area contributed by atoms with Crippen LogP contribution in [0.15, 0.2) is 48.5 Å². The summed E-state index contributed by atoms with van der Waals surface area (Å²) in [4.78, 5) is 0. The Balaban J connectivity index is 2.53. The highest BCUT2D eigenvalue weighted by molar-refractivity contribution is 6.06. The van der Waals surface area contributed by atoms with Crippen molar-refractivity contribution in [2.75, 3.05) is 5.73 Å². The predicted octanol–water partition coefficient (Wildman–Crippen LogP) is 4.58. The molecular formula is C19H16N2. The van der Waals surface area contributed by atoms with Gasteiger partial charge in [-0.2, -0.15) is 5.26 Å². The number of nitrogens with two attached hydrogens (primary N) is 1. The Hall–Kier alpha value is -2.79. The maximum Gasteiger partial charge on any atom is 0.102 e. The first kappa shape index (κ1) is 13.2. The molecule has 0 spiro atoms. The number of hydrogen-bond donors (Lipinski definition) is 1. The van der Waals surface area contributed by atoms with Gasteiger partial charge in [0.1, 0.15) is 6.07 Å². The van der Waals surface area contributed by atoms with Gasteiger partial charge in [-0.25, -0.2) is 0 Å². The Morgan fingerprint density at radius 3 is 2.33 bits per heavy atom. The summed E-state index contributed by atoms with van der Waals surface area (Å²) in [5, 5.41) is 11.5. The maximum absolute atomic E-state index is 9.45. The number of nitriles is 1. The van der Waals surface area contributed by atoms with Gasteiger partial charge >= 0.3 is 0 Å². The molecule has 0 aromatic heterocycles. The number of aryl methyl sites for hydroxylation is 1. The Morgan fingerprint density at radius 1 is 0.952 bits per heavy atom. The molecule has 0 saturated heterocycles. The van der Waals surface area contributed by atoms with Crippen molar-refractivity contribution >= 4 is 16.5 Å². The van der Waals surface area contributed by atoms with Gasteiger partial charge in [0.05, 0.1) is 11.3 Å². The average molecular weight is 272 g/mol. The minimum atomic E-state index is 0.574. The highest BCUT2D eigenvalue weighted by Gasteiger charge is 2.16. The Kier molecular flexibility index (Phi) is 3.12. The lowest BCUT2D eigenvalue weighted by atomic mass is 9.89. The van der Waals surface area contributed by atoms with Crippen LogP contribution in [0.1, 0.15) is 16.7 Å². The van der Waals surface area contributed by atoms with E-state index >= 15 is 0 Å². The molecule has 3 aromatic rings. The van der Waals surface area contributed by atoms with E-state index in [4.69, 9.17) is 5.73 Å². The van der Waals surface area contributed by atoms with Crippen LogP contribution in [0, 0.1) is 25.2 Å². The molecule has 102 valence electrons. The average Bonchev–Trinajstić information content (AvgIpc) is 2.48. The molecule has 2 N–H and O–H groups in total. The molecule has 3 aromatic carbocycles. The summed E-state index contributed by atoms with van der Waals surface area (Å²) in [6.45, 7) is 4.04. The van der Waals surface area contributed by atoms with Crippen LogP contribution >= 0.6 is 0 Å². The molecule has 2 heteroatoms. The van der Waals surface area contributed by atoms with E-state index in [-0.39, 0.29) is 0 Å². The van der Waals surface area contributed by atoms with Crippen molar-refractivity contribution in [1.82, 2.24) is 0 Å². The van der Waals surface area contributed by atoms with Gasteiger partial charge in [-0.05, 0) is 35.9 Å². The molecule has 2 nitrogen and oxygen atoms in total. The number of fused-ring (bicyclic) bond motifs is 1. The van der Waals surface area contributed by atoms with Gasteiger partial charge in [0.15, 0.2) is 0 Å². The van der Waals surface area contributed by atoms with Gasteiger partial charge in [0.2, 0.25) is 0 Å². The van der Waals surface area contributed by atoms with Crippen molar-refractivity contribution in [3.8, 4) is 17.2 Å². The second kappa shape index (κ2) is 4.96. The SMILES string of the molecule is Cc1ccc2c(N)c(C#N)c(C)c(-c3ccccc3)c2c1. The van der Waals surface area contributed by atoms with Crippen LogP contribution in [0.5, 0.6) is 0 Å². The van der Waals surface area contributed by atoms with Crippen molar-refractivity contribution in [2.45, 2.75) is 13.8 Å². The molecule has 0 unspecified atom stereocenters. The van der Waals surface area contributed by atoms with Crippen molar-refractivity contribution in [2.24, 2.45) is 0 Å². The van der Waals surface area contributed by atoms with Gasteiger partial charge in [-0.3, -0.25) is 0 Å². The second-order valence-electron chi connectivity index (χ2n) is 5.32. The van der Waals surface area contributed by atoms with E-state index in [1.807, 2.05) is 37.3 Å². The number of nitrogen functional groups attached to an aromatic ring is 1. The van der Waals surface area contributed by atoms with Crippen molar-refractivity contribution in [3.63, 3.8) is 0 Å². The molecule has 0 heterocycles. The molecule has 0 fully saturated rings. The number of benzene rings is 3. The second-order valence-corrected chi connectivity index (χ2v) is 5.32. The number of rotatable bonds is 1. The van der Waals surface area contributed by atoms with Crippen LogP contribution in [0.4, 0.5) is 5.69 Å². The highest BCUT2D eigenvalue weighted by atomic mass is 14.6. The zero-order chi connectivity index (χ0) is 15.0. The van der Waals surface area contributed by atoms with E-state index in [1.54, 1.807) is 0 Å². The third-order valence-corrected chi connectivity index (χ3v) is 3.93. The molecule has 0 amide bonds. The Morgan fingerprint density at radius 2 is 1.67 bits per heavy atom. The zero-order valence-electron chi connectivity index (χ0n) is 12.1. The monoisotopic (exact) mass is 272 g/mol. The predicted molar refractivity (Wildman–Crippen MR) is 88.0 cm³/mol. The summed E-state index contributed by atoms with van der Waals surface area (Å²) >= 11 is 0. The van der Waals surface area contributed by atoms with Gasteiger partial charge in [-0.15, -0.1) is 0 Å². The first-order valence-corrected chi connectivity index (χ1v) is 6.91. The van der Waals surface area contributed by atoms with Crippen LogP contribution in [0.25, 0.3) is 21.9 Å². The molecular weight excluding hydrogens is 256 g/mol. The summed E-state index contributed by atoms with van der Waals surface area (Å²) in [5.74, 6) is 0. The summed E-state index contributed by atoms with van der Waals surface area (Å²) in [5.41, 5.74) is 11.7. The van der Waals surface area contributed by atoms with Crippen LogP contribution in [-0.4, -0.2) is 0 Å². The number of hydrogen-bond acceptors (Lipinski definition) is 2. The van der Waals surface area contributed by atoms with Crippen LogP contribution in [0.2, 0.25) is 0 Å². The van der Waals surface area contributed by atoms with Crippen LogP contribution < -0.4 is 5.73 Å². The zero-order valence-corrected chi connectivity index (χ0v) is 12.1. The lowest BCUT2D eigenvalue weighted by Gasteiger charge is -2.16. The largest absolute Gasteiger partial charge is 0.397 e. The van der Waals surface area contributed by atoms with Gasteiger partial charge in [0, 0.05) is 5.39 Å². The third kappa shape index (κ3) is 2.04. The minimum Gasteiger partial charge on any atom is -0.397 e. The van der Waals surface area contributed by atoms with E-state index in [0.29, 0.717) is 11.3 Å². The summed E-state index contributed by atoms with van der Waals surface area (Å²) < 4.78 is 0. The molecule has 3 rings (SSSR count). The molecule has 0 saturated carbocycles. The van der Waals surface area contributed by atoms with Crippen molar-refractivity contribution in [1.29, 1.82) is 5.26 Å². The summed E-state index contributed by atoms with van der Waals surface area (Å²) in [7, 11) is 0. The topological polar surface area (TPSA) is 49.8 Å². The van der Waals surface area contributed by atoms with E-state index < -0.39 is 0 Å². The lowest BCUT2D eigenvalue weighted by molar-refractivity contribution is 1.40. The van der Waals surface area contributed by atoms with Crippen molar-refractivity contribution < 1.29 is 0 Å². The van der Waals surface area contributed by atoms with Crippen LogP contribution in [-0.2, 0) is 0 Å². The fourth-order valence-corrected chi connectivity index (χ4v) is 2.88. The van der Waals surface area contributed by atoms with Gasteiger partial charge in [0.25, 0.3) is 0 Å². The molecule has 0 atom stereocenters. The van der Waals surface area contributed by atoms with Crippen molar-refractivity contribution in [3.05, 3.63) is 65.2 Å².